The minimum Gasteiger partial charge on any atom is -0.460 e. The van der Waals surface area contributed by atoms with Gasteiger partial charge in [-0.1, -0.05) is 0 Å². The molecule has 0 spiro atoms. The molecule has 29 heavy (non-hydrogen) atoms. The van der Waals surface area contributed by atoms with E-state index in [1.807, 2.05) is 41.2 Å². The molecule has 0 saturated carbocycles. The molecule has 3 heterocycles. The van der Waals surface area contributed by atoms with E-state index < -0.39 is 4.92 Å². The Hall–Kier alpha value is -4.20. The van der Waals surface area contributed by atoms with E-state index in [-0.39, 0.29) is 18.1 Å². The maximum Gasteiger partial charge on any atom is 0.389 e. The topological polar surface area (TPSA) is 96.1 Å². The van der Waals surface area contributed by atoms with E-state index in [0.29, 0.717) is 17.1 Å². The molecule has 0 aliphatic carbocycles. The maximum atomic E-state index is 12.4. The van der Waals surface area contributed by atoms with Gasteiger partial charge in [-0.15, -0.1) is 0 Å². The highest BCUT2D eigenvalue weighted by Crippen LogP contribution is 2.15. The second kappa shape index (κ2) is 7.81. The van der Waals surface area contributed by atoms with Gasteiger partial charge in [0.1, 0.15) is 18.1 Å². The molecule has 3 aromatic heterocycles. The largest absolute Gasteiger partial charge is 0.460 e. The second-order valence-corrected chi connectivity index (χ2v) is 6.27. The van der Waals surface area contributed by atoms with Gasteiger partial charge < -0.3 is 19.1 Å². The van der Waals surface area contributed by atoms with E-state index in [1.165, 1.54) is 23.0 Å². The lowest BCUT2D eigenvalue weighted by molar-refractivity contribution is -0.389. The van der Waals surface area contributed by atoms with E-state index in [4.69, 9.17) is 4.42 Å². The Balaban J connectivity index is 1.40. The molecular formula is C21H16N4O4. The lowest BCUT2D eigenvalue weighted by Crippen LogP contribution is -2.00. The number of rotatable bonds is 7. The molecular weight excluding hydrogens is 372 g/mol. The number of benzene rings is 1. The van der Waals surface area contributed by atoms with Crippen LogP contribution in [0.5, 0.6) is 0 Å². The normalized spacial score (nSPS) is 11.2. The zero-order valence-corrected chi connectivity index (χ0v) is 15.2. The molecule has 144 valence electrons. The van der Waals surface area contributed by atoms with Crippen LogP contribution in [0.2, 0.25) is 0 Å². The summed E-state index contributed by atoms with van der Waals surface area (Å²) in [5.41, 5.74) is 1.55. The van der Waals surface area contributed by atoms with Gasteiger partial charge in [0.15, 0.2) is 5.78 Å². The molecule has 0 fully saturated rings. The monoisotopic (exact) mass is 388 g/mol. The Bertz CT molecular complexity index is 1170. The first kappa shape index (κ1) is 18.2. The van der Waals surface area contributed by atoms with Gasteiger partial charge in [-0.25, -0.2) is 0 Å². The Morgan fingerprint density at radius 3 is 2.52 bits per heavy atom. The van der Waals surface area contributed by atoms with Crippen molar-refractivity contribution < 1.29 is 14.1 Å². The molecule has 8 heteroatoms. The van der Waals surface area contributed by atoms with E-state index >= 15 is 0 Å². The maximum absolute atomic E-state index is 12.4. The minimum absolute atomic E-state index is 0.135. The SMILES string of the molecule is O=C(/C=C/c1ccc(Cn2ccc([N+](=O)[O-])n2)o1)c1ccc(-n2cccc2)cc1. The van der Waals surface area contributed by atoms with Gasteiger partial charge in [0.25, 0.3) is 0 Å². The number of allylic oxidation sites excluding steroid dienone is 1. The second-order valence-electron chi connectivity index (χ2n) is 6.27. The Kier molecular flexibility index (Phi) is 4.90. The fourth-order valence-corrected chi connectivity index (χ4v) is 2.82. The van der Waals surface area contributed by atoms with Crippen molar-refractivity contribution in [3.8, 4) is 5.69 Å². The van der Waals surface area contributed by atoms with Crippen LogP contribution in [0.25, 0.3) is 11.8 Å². The van der Waals surface area contributed by atoms with Gasteiger partial charge >= 0.3 is 5.82 Å². The van der Waals surface area contributed by atoms with Crippen LogP contribution < -0.4 is 0 Å². The standard InChI is InChI=1S/C21H16N4O4/c26-20(16-3-5-17(6-4-16)23-12-1-2-13-23)10-9-18-7-8-19(29-18)15-24-14-11-21(22-24)25(27)28/h1-14H,15H2/b10-9+. The molecule has 0 bridgehead atoms. The summed E-state index contributed by atoms with van der Waals surface area (Å²) in [4.78, 5) is 22.5. The minimum atomic E-state index is -0.552. The predicted molar refractivity (Wildman–Crippen MR) is 106 cm³/mol. The zero-order valence-electron chi connectivity index (χ0n) is 15.2. The van der Waals surface area contributed by atoms with E-state index in [0.717, 1.165) is 5.69 Å². The molecule has 0 N–H and O–H groups in total. The highest BCUT2D eigenvalue weighted by molar-refractivity contribution is 6.06. The van der Waals surface area contributed by atoms with Crippen molar-refractivity contribution in [2.45, 2.75) is 6.54 Å². The van der Waals surface area contributed by atoms with Crippen LogP contribution in [-0.4, -0.2) is 25.1 Å². The van der Waals surface area contributed by atoms with Crippen LogP contribution >= 0.6 is 0 Å². The van der Waals surface area contributed by atoms with Crippen molar-refractivity contribution in [1.82, 2.24) is 14.3 Å². The number of carbonyl (C=O) groups is 1. The summed E-state index contributed by atoms with van der Waals surface area (Å²) >= 11 is 0. The number of hydrogen-bond donors (Lipinski definition) is 0. The molecule has 8 nitrogen and oxygen atoms in total. The lowest BCUT2D eigenvalue weighted by atomic mass is 10.1. The summed E-state index contributed by atoms with van der Waals surface area (Å²) in [5, 5.41) is 14.5. The molecule has 0 unspecified atom stereocenters. The number of nitro groups is 1. The van der Waals surface area contributed by atoms with Crippen LogP contribution in [-0.2, 0) is 6.54 Å². The third kappa shape index (κ3) is 4.22. The average Bonchev–Trinajstić information content (AvgIpc) is 3.48. The van der Waals surface area contributed by atoms with E-state index in [1.54, 1.807) is 30.3 Å². The zero-order chi connectivity index (χ0) is 20.2. The van der Waals surface area contributed by atoms with Gasteiger partial charge in [-0.2, -0.15) is 4.68 Å². The van der Waals surface area contributed by atoms with Crippen LogP contribution in [0, 0.1) is 10.1 Å². The third-order valence-corrected chi connectivity index (χ3v) is 4.27. The Morgan fingerprint density at radius 1 is 1.07 bits per heavy atom. The van der Waals surface area contributed by atoms with Gasteiger partial charge in [-0.05, 0) is 65.6 Å². The van der Waals surface area contributed by atoms with Crippen LogP contribution in [0.3, 0.4) is 0 Å². The van der Waals surface area contributed by atoms with Gasteiger partial charge in [0.05, 0.1) is 17.4 Å². The van der Waals surface area contributed by atoms with Gasteiger partial charge in [0, 0.05) is 23.6 Å². The van der Waals surface area contributed by atoms with Crippen LogP contribution in [0.1, 0.15) is 21.9 Å². The molecule has 0 atom stereocenters. The molecule has 4 rings (SSSR count). The first-order chi connectivity index (χ1) is 14.1. The number of carbonyl (C=O) groups excluding carboxylic acids is 1. The van der Waals surface area contributed by atoms with Crippen molar-refractivity contribution in [1.29, 1.82) is 0 Å². The van der Waals surface area contributed by atoms with Crippen LogP contribution in [0.4, 0.5) is 5.82 Å². The summed E-state index contributed by atoms with van der Waals surface area (Å²) in [5.74, 6) is 0.736. The van der Waals surface area contributed by atoms with Crippen molar-refractivity contribution in [3.63, 3.8) is 0 Å². The van der Waals surface area contributed by atoms with E-state index in [2.05, 4.69) is 5.10 Å². The smallest absolute Gasteiger partial charge is 0.389 e. The number of ketones is 1. The number of nitrogens with zero attached hydrogens (tertiary/aromatic N) is 4. The average molecular weight is 388 g/mol. The summed E-state index contributed by atoms with van der Waals surface area (Å²) in [6, 6.07) is 16.0. The molecule has 4 aromatic rings. The summed E-state index contributed by atoms with van der Waals surface area (Å²) < 4.78 is 9.02. The van der Waals surface area contributed by atoms with Gasteiger partial charge in [0.2, 0.25) is 0 Å². The Morgan fingerprint density at radius 2 is 1.83 bits per heavy atom. The third-order valence-electron chi connectivity index (χ3n) is 4.27. The first-order valence-electron chi connectivity index (χ1n) is 8.81. The molecule has 0 radical (unpaired) electrons. The highest BCUT2D eigenvalue weighted by Gasteiger charge is 2.12. The summed E-state index contributed by atoms with van der Waals surface area (Å²) in [6.07, 6.45) is 8.43. The Labute approximate surface area is 165 Å². The number of hydrogen-bond acceptors (Lipinski definition) is 5. The fourth-order valence-electron chi connectivity index (χ4n) is 2.82. The van der Waals surface area contributed by atoms with Crippen LogP contribution in [0.15, 0.2) is 83.7 Å². The number of furan rings is 1. The molecule has 0 aliphatic rings. The highest BCUT2D eigenvalue weighted by atomic mass is 16.6. The molecule has 0 amide bonds. The van der Waals surface area contributed by atoms with E-state index in [9.17, 15) is 14.9 Å². The lowest BCUT2D eigenvalue weighted by Gasteiger charge is -2.03. The van der Waals surface area contributed by atoms with Crippen molar-refractivity contribution in [2.75, 3.05) is 0 Å². The fraction of sp³-hybridized carbons (Fsp3) is 0.0476. The molecule has 1 aromatic carbocycles. The predicted octanol–water partition coefficient (Wildman–Crippen LogP) is 4.12. The first-order valence-corrected chi connectivity index (χ1v) is 8.81. The van der Waals surface area contributed by atoms with Crippen molar-refractivity contribution >= 4 is 17.7 Å². The number of aromatic nitrogens is 3. The quantitative estimate of drug-likeness (QED) is 0.205. The molecule has 0 aliphatic heterocycles. The summed E-state index contributed by atoms with van der Waals surface area (Å²) in [6.45, 7) is 0.260. The van der Waals surface area contributed by atoms with Crippen molar-refractivity contribution in [3.05, 3.63) is 106 Å². The van der Waals surface area contributed by atoms with Gasteiger partial charge in [-0.3, -0.25) is 4.79 Å². The summed E-state index contributed by atoms with van der Waals surface area (Å²) in [7, 11) is 0. The molecule has 0 saturated heterocycles. The van der Waals surface area contributed by atoms with Crippen molar-refractivity contribution in [2.24, 2.45) is 0 Å².